The molecule has 3 aromatic carbocycles. The third-order valence-corrected chi connectivity index (χ3v) is 6.87. The molecule has 8 heteroatoms. The summed E-state index contributed by atoms with van der Waals surface area (Å²) in [5, 5.41) is 17.7. The van der Waals surface area contributed by atoms with Gasteiger partial charge in [-0.25, -0.2) is 9.50 Å². The fourth-order valence-corrected chi connectivity index (χ4v) is 4.84. The Labute approximate surface area is 220 Å². The van der Waals surface area contributed by atoms with Crippen LogP contribution in [0.25, 0.3) is 16.6 Å². The highest BCUT2D eigenvalue weighted by molar-refractivity contribution is 5.94. The van der Waals surface area contributed by atoms with Crippen LogP contribution < -0.4 is 10.2 Å². The van der Waals surface area contributed by atoms with Gasteiger partial charge in [0, 0.05) is 50.2 Å². The van der Waals surface area contributed by atoms with E-state index < -0.39 is 0 Å². The van der Waals surface area contributed by atoms with Crippen LogP contribution >= 0.6 is 0 Å². The van der Waals surface area contributed by atoms with Gasteiger partial charge in [-0.3, -0.25) is 4.79 Å². The SMILES string of the molecule is O=C(c1nc(NCc2ccccc2)c2c(-c3ccccc3)ccn2n1)N1CCN(c2ccc(O)cc2)CC1. The van der Waals surface area contributed by atoms with E-state index in [2.05, 4.69) is 39.6 Å². The number of carbonyl (C=O) groups is 1. The van der Waals surface area contributed by atoms with Gasteiger partial charge in [-0.1, -0.05) is 60.7 Å². The zero-order valence-corrected chi connectivity index (χ0v) is 20.9. The van der Waals surface area contributed by atoms with E-state index in [1.165, 1.54) is 0 Å². The number of nitrogens with zero attached hydrogens (tertiary/aromatic N) is 5. The van der Waals surface area contributed by atoms with Crippen LogP contribution in [0.5, 0.6) is 5.75 Å². The van der Waals surface area contributed by atoms with E-state index in [-0.39, 0.29) is 17.5 Å². The van der Waals surface area contributed by atoms with Gasteiger partial charge in [0.05, 0.1) is 0 Å². The number of phenols is 1. The van der Waals surface area contributed by atoms with E-state index in [0.29, 0.717) is 38.5 Å². The summed E-state index contributed by atoms with van der Waals surface area (Å²) in [6.07, 6.45) is 1.88. The molecule has 2 aromatic heterocycles. The number of hydrogen-bond donors (Lipinski definition) is 2. The first-order valence-electron chi connectivity index (χ1n) is 12.7. The van der Waals surface area contributed by atoms with Crippen LogP contribution in [0.3, 0.4) is 0 Å². The lowest BCUT2D eigenvalue weighted by Crippen LogP contribution is -2.49. The Hall–Kier alpha value is -4.85. The third-order valence-electron chi connectivity index (χ3n) is 6.87. The van der Waals surface area contributed by atoms with Crippen molar-refractivity contribution in [1.82, 2.24) is 19.5 Å². The minimum absolute atomic E-state index is 0.168. The molecule has 8 nitrogen and oxygen atoms in total. The zero-order valence-electron chi connectivity index (χ0n) is 20.9. The molecule has 1 aliphatic rings. The van der Waals surface area contributed by atoms with Gasteiger partial charge in [-0.2, -0.15) is 0 Å². The lowest BCUT2D eigenvalue weighted by atomic mass is 10.1. The van der Waals surface area contributed by atoms with Crippen LogP contribution in [0.15, 0.2) is 97.2 Å². The minimum Gasteiger partial charge on any atom is -0.508 e. The number of nitrogens with one attached hydrogen (secondary N) is 1. The number of rotatable bonds is 6. The van der Waals surface area contributed by atoms with Gasteiger partial charge in [-0.15, -0.1) is 5.10 Å². The smallest absolute Gasteiger partial charge is 0.293 e. The van der Waals surface area contributed by atoms with Gasteiger partial charge in [0.1, 0.15) is 11.3 Å². The molecule has 1 fully saturated rings. The molecule has 0 atom stereocenters. The van der Waals surface area contributed by atoms with Crippen LogP contribution in [0.4, 0.5) is 11.5 Å². The summed E-state index contributed by atoms with van der Waals surface area (Å²) in [5.74, 6) is 0.849. The average molecular weight is 505 g/mol. The number of hydrogen-bond acceptors (Lipinski definition) is 6. The normalized spacial score (nSPS) is 13.6. The van der Waals surface area contributed by atoms with Crippen LogP contribution in [-0.4, -0.2) is 56.7 Å². The topological polar surface area (TPSA) is 86.0 Å². The molecular weight excluding hydrogens is 476 g/mol. The van der Waals surface area contributed by atoms with Crippen LogP contribution in [0.1, 0.15) is 16.2 Å². The van der Waals surface area contributed by atoms with Crippen molar-refractivity contribution in [3.8, 4) is 16.9 Å². The highest BCUT2D eigenvalue weighted by atomic mass is 16.3. The molecule has 38 heavy (non-hydrogen) atoms. The van der Waals surface area contributed by atoms with E-state index in [4.69, 9.17) is 4.98 Å². The van der Waals surface area contributed by atoms with Crippen LogP contribution in [-0.2, 0) is 6.54 Å². The van der Waals surface area contributed by atoms with Gasteiger partial charge in [-0.05, 0) is 41.5 Å². The van der Waals surface area contributed by atoms with Crippen molar-refractivity contribution in [3.63, 3.8) is 0 Å². The Morgan fingerprint density at radius 1 is 0.842 bits per heavy atom. The number of carbonyl (C=O) groups excluding carboxylic acids is 1. The minimum atomic E-state index is -0.185. The Morgan fingerprint density at radius 3 is 2.24 bits per heavy atom. The Morgan fingerprint density at radius 2 is 1.53 bits per heavy atom. The van der Waals surface area contributed by atoms with Crippen molar-refractivity contribution in [2.45, 2.75) is 6.54 Å². The molecule has 5 aromatic rings. The van der Waals surface area contributed by atoms with Gasteiger partial charge in [0.25, 0.3) is 5.91 Å². The van der Waals surface area contributed by atoms with E-state index in [0.717, 1.165) is 27.9 Å². The quantitative estimate of drug-likeness (QED) is 0.349. The van der Waals surface area contributed by atoms with Crippen LogP contribution in [0.2, 0.25) is 0 Å². The standard InChI is InChI=1S/C30H28N6O2/c37-25-13-11-24(12-14-25)34-17-19-35(20-18-34)30(38)29-32-28(31-21-22-7-3-1-4-8-22)27-26(15-16-36(27)33-29)23-9-5-2-6-10-23/h1-16,37H,17-21H2,(H,31,32,33). The van der Waals surface area contributed by atoms with Crippen LogP contribution in [0, 0.1) is 0 Å². The molecule has 3 heterocycles. The second kappa shape index (κ2) is 10.3. The number of aromatic nitrogens is 3. The van der Waals surface area contributed by atoms with Crippen molar-refractivity contribution in [3.05, 3.63) is 109 Å². The van der Waals surface area contributed by atoms with Crippen molar-refractivity contribution in [2.75, 3.05) is 36.4 Å². The summed E-state index contributed by atoms with van der Waals surface area (Å²) in [6, 6.07) is 29.4. The molecular formula is C30H28N6O2. The number of fused-ring (bicyclic) bond motifs is 1. The molecule has 0 spiro atoms. The van der Waals surface area contributed by atoms with Gasteiger partial charge >= 0.3 is 0 Å². The van der Waals surface area contributed by atoms with Gasteiger partial charge < -0.3 is 20.2 Å². The fourth-order valence-electron chi connectivity index (χ4n) is 4.84. The summed E-state index contributed by atoms with van der Waals surface area (Å²) >= 11 is 0. The van der Waals surface area contributed by atoms with E-state index >= 15 is 0 Å². The molecule has 0 aliphatic carbocycles. The largest absolute Gasteiger partial charge is 0.508 e. The highest BCUT2D eigenvalue weighted by Crippen LogP contribution is 2.30. The second-order valence-electron chi connectivity index (χ2n) is 9.31. The van der Waals surface area contributed by atoms with Crippen molar-refractivity contribution in [1.29, 1.82) is 0 Å². The molecule has 1 aliphatic heterocycles. The predicted molar refractivity (Wildman–Crippen MR) is 148 cm³/mol. The molecule has 190 valence electrons. The molecule has 1 saturated heterocycles. The maximum absolute atomic E-state index is 13.5. The first-order chi connectivity index (χ1) is 18.7. The molecule has 6 rings (SSSR count). The molecule has 0 radical (unpaired) electrons. The number of amides is 1. The molecule has 0 saturated carbocycles. The average Bonchev–Trinajstić information content (AvgIpc) is 3.41. The van der Waals surface area contributed by atoms with E-state index in [1.807, 2.05) is 60.8 Å². The Balaban J connectivity index is 1.28. The van der Waals surface area contributed by atoms with E-state index in [9.17, 15) is 9.90 Å². The first kappa shape index (κ1) is 23.5. The summed E-state index contributed by atoms with van der Waals surface area (Å²) in [6.45, 7) is 3.09. The number of piperazine rings is 1. The molecule has 2 N–H and O–H groups in total. The summed E-state index contributed by atoms with van der Waals surface area (Å²) in [5.41, 5.74) is 5.05. The lowest BCUT2D eigenvalue weighted by Gasteiger charge is -2.35. The Bertz CT molecular complexity index is 1540. The number of phenolic OH excluding ortho intramolecular Hbond substituents is 1. The highest BCUT2D eigenvalue weighted by Gasteiger charge is 2.26. The molecule has 0 unspecified atom stereocenters. The lowest BCUT2D eigenvalue weighted by molar-refractivity contribution is 0.0732. The van der Waals surface area contributed by atoms with Crippen molar-refractivity contribution in [2.24, 2.45) is 0 Å². The van der Waals surface area contributed by atoms with E-state index in [1.54, 1.807) is 21.5 Å². The van der Waals surface area contributed by atoms with Gasteiger partial charge in [0.15, 0.2) is 5.82 Å². The monoisotopic (exact) mass is 504 g/mol. The maximum atomic E-state index is 13.5. The van der Waals surface area contributed by atoms with Gasteiger partial charge in [0.2, 0.25) is 5.82 Å². The second-order valence-corrected chi connectivity index (χ2v) is 9.31. The number of benzene rings is 3. The maximum Gasteiger partial charge on any atom is 0.293 e. The summed E-state index contributed by atoms with van der Waals surface area (Å²) in [4.78, 5) is 22.3. The first-order valence-corrected chi connectivity index (χ1v) is 12.7. The Kier molecular flexibility index (Phi) is 6.35. The van der Waals surface area contributed by atoms with Crippen molar-refractivity contribution >= 4 is 22.9 Å². The zero-order chi connectivity index (χ0) is 25.9. The summed E-state index contributed by atoms with van der Waals surface area (Å²) in [7, 11) is 0. The molecule has 0 bridgehead atoms. The number of anilines is 2. The third kappa shape index (κ3) is 4.76. The van der Waals surface area contributed by atoms with Crippen molar-refractivity contribution < 1.29 is 9.90 Å². The number of aromatic hydroxyl groups is 1. The molecule has 1 amide bonds. The predicted octanol–water partition coefficient (Wildman–Crippen LogP) is 4.68. The fraction of sp³-hybridized carbons (Fsp3) is 0.167. The summed E-state index contributed by atoms with van der Waals surface area (Å²) < 4.78 is 1.75.